The SMILES string of the molecule is CN(C)CCCOc1cccc2c1C(C)(C)C1=C(C2=O)c2ccc(C#N)cc2C1. The summed E-state index contributed by atoms with van der Waals surface area (Å²) in [7, 11) is 4.10. The molecule has 0 atom stereocenters. The Morgan fingerprint density at radius 2 is 1.97 bits per heavy atom. The molecule has 4 nitrogen and oxygen atoms in total. The number of nitrogens with zero attached hydrogens (tertiary/aromatic N) is 2. The molecule has 0 radical (unpaired) electrons. The topological polar surface area (TPSA) is 53.3 Å². The Hall–Kier alpha value is -2.90. The van der Waals surface area contributed by atoms with Gasteiger partial charge >= 0.3 is 0 Å². The third-order valence-corrected chi connectivity index (χ3v) is 6.06. The van der Waals surface area contributed by atoms with E-state index in [0.717, 1.165) is 52.1 Å². The van der Waals surface area contributed by atoms with Crippen molar-refractivity contribution >= 4 is 11.4 Å². The van der Waals surface area contributed by atoms with E-state index in [2.05, 4.69) is 38.9 Å². The van der Waals surface area contributed by atoms with E-state index in [-0.39, 0.29) is 11.2 Å². The van der Waals surface area contributed by atoms with Gasteiger partial charge in [0.1, 0.15) is 5.75 Å². The summed E-state index contributed by atoms with van der Waals surface area (Å²) in [6.07, 6.45) is 1.63. The highest BCUT2D eigenvalue weighted by molar-refractivity contribution is 6.33. The predicted octanol–water partition coefficient (Wildman–Crippen LogP) is 4.37. The fourth-order valence-corrected chi connectivity index (χ4v) is 4.62. The van der Waals surface area contributed by atoms with Gasteiger partial charge in [0, 0.05) is 28.7 Å². The Balaban J connectivity index is 1.73. The van der Waals surface area contributed by atoms with Crippen LogP contribution in [0.3, 0.4) is 0 Å². The van der Waals surface area contributed by atoms with E-state index in [9.17, 15) is 10.1 Å². The average Bonchev–Trinajstić information content (AvgIpc) is 3.09. The van der Waals surface area contributed by atoms with Crippen LogP contribution in [0.15, 0.2) is 42.0 Å². The van der Waals surface area contributed by atoms with Gasteiger partial charge in [-0.3, -0.25) is 4.79 Å². The minimum atomic E-state index is -0.317. The Morgan fingerprint density at radius 1 is 1.17 bits per heavy atom. The Kier molecular flexibility index (Phi) is 4.80. The van der Waals surface area contributed by atoms with Crippen molar-refractivity contribution in [2.75, 3.05) is 27.2 Å². The maximum absolute atomic E-state index is 13.5. The van der Waals surface area contributed by atoms with Crippen LogP contribution < -0.4 is 4.74 Å². The number of hydrogen-bond donors (Lipinski definition) is 0. The van der Waals surface area contributed by atoms with Gasteiger partial charge in [-0.05, 0) is 61.8 Å². The first kappa shape index (κ1) is 19.4. The number of hydrogen-bond acceptors (Lipinski definition) is 4. The average molecular weight is 386 g/mol. The maximum atomic E-state index is 13.5. The van der Waals surface area contributed by atoms with Crippen LogP contribution in [0.1, 0.15) is 52.9 Å². The highest BCUT2D eigenvalue weighted by Gasteiger charge is 2.44. The first-order valence-corrected chi connectivity index (χ1v) is 10.1. The molecule has 0 saturated carbocycles. The van der Waals surface area contributed by atoms with Crippen molar-refractivity contribution in [2.24, 2.45) is 0 Å². The van der Waals surface area contributed by atoms with E-state index in [1.807, 2.05) is 30.3 Å². The summed E-state index contributed by atoms with van der Waals surface area (Å²) in [5.41, 5.74) is 6.02. The zero-order valence-electron chi connectivity index (χ0n) is 17.5. The number of fused-ring (bicyclic) bond motifs is 3. The lowest BCUT2D eigenvalue weighted by molar-refractivity contribution is 0.105. The summed E-state index contributed by atoms with van der Waals surface area (Å²) in [6, 6.07) is 13.7. The van der Waals surface area contributed by atoms with Crippen molar-refractivity contribution in [3.63, 3.8) is 0 Å². The van der Waals surface area contributed by atoms with Crippen LogP contribution in [0.4, 0.5) is 0 Å². The molecule has 0 unspecified atom stereocenters. The molecule has 0 heterocycles. The summed E-state index contributed by atoms with van der Waals surface area (Å²) < 4.78 is 6.16. The maximum Gasteiger partial charge on any atom is 0.194 e. The lowest BCUT2D eigenvalue weighted by Gasteiger charge is -2.35. The van der Waals surface area contributed by atoms with Gasteiger partial charge in [0.25, 0.3) is 0 Å². The third kappa shape index (κ3) is 3.16. The van der Waals surface area contributed by atoms with E-state index in [1.54, 1.807) is 6.07 Å². The number of allylic oxidation sites excluding steroid dienone is 2. The van der Waals surface area contributed by atoms with Crippen molar-refractivity contribution in [3.8, 4) is 11.8 Å². The third-order valence-electron chi connectivity index (χ3n) is 6.06. The van der Waals surface area contributed by atoms with Gasteiger partial charge in [0.15, 0.2) is 5.78 Å². The Labute approximate surface area is 172 Å². The van der Waals surface area contributed by atoms with Gasteiger partial charge in [0.2, 0.25) is 0 Å². The Morgan fingerprint density at radius 3 is 2.69 bits per heavy atom. The molecule has 0 bridgehead atoms. The van der Waals surface area contributed by atoms with E-state index in [0.29, 0.717) is 18.6 Å². The minimum Gasteiger partial charge on any atom is -0.493 e. The number of rotatable bonds is 5. The molecule has 29 heavy (non-hydrogen) atoms. The molecule has 2 aromatic rings. The molecule has 2 aromatic carbocycles. The second-order valence-electron chi connectivity index (χ2n) is 8.65. The second-order valence-corrected chi connectivity index (χ2v) is 8.65. The number of nitriles is 1. The number of benzene rings is 2. The van der Waals surface area contributed by atoms with E-state index in [1.165, 1.54) is 0 Å². The van der Waals surface area contributed by atoms with Crippen LogP contribution in [-0.4, -0.2) is 37.9 Å². The normalized spacial score (nSPS) is 16.3. The fourth-order valence-electron chi connectivity index (χ4n) is 4.62. The molecule has 2 aliphatic rings. The van der Waals surface area contributed by atoms with E-state index in [4.69, 9.17) is 4.74 Å². The molecular formula is C25H26N2O2. The molecule has 0 amide bonds. The van der Waals surface area contributed by atoms with Crippen LogP contribution >= 0.6 is 0 Å². The first-order valence-electron chi connectivity index (χ1n) is 10.1. The first-order chi connectivity index (χ1) is 13.8. The van der Waals surface area contributed by atoms with Gasteiger partial charge in [-0.25, -0.2) is 0 Å². The zero-order valence-corrected chi connectivity index (χ0v) is 17.5. The lowest BCUT2D eigenvalue weighted by atomic mass is 9.68. The smallest absolute Gasteiger partial charge is 0.194 e. The van der Waals surface area contributed by atoms with Crippen molar-refractivity contribution in [2.45, 2.75) is 32.1 Å². The second kappa shape index (κ2) is 7.17. The largest absolute Gasteiger partial charge is 0.493 e. The zero-order chi connectivity index (χ0) is 20.8. The molecule has 2 aliphatic carbocycles. The standard InChI is InChI=1S/C25H26N2O2/c1-25(2)20-14-17-13-16(15-26)9-10-18(17)22(20)24(28)19-7-5-8-21(23(19)25)29-12-6-11-27(3)4/h5,7-10,13H,6,11-12,14H2,1-4H3. The summed E-state index contributed by atoms with van der Waals surface area (Å²) in [5, 5.41) is 9.25. The summed E-state index contributed by atoms with van der Waals surface area (Å²) in [5.74, 6) is 0.872. The van der Waals surface area contributed by atoms with Crippen LogP contribution in [0.5, 0.6) is 5.75 Å². The predicted molar refractivity (Wildman–Crippen MR) is 114 cm³/mol. The van der Waals surface area contributed by atoms with E-state index < -0.39 is 0 Å². The van der Waals surface area contributed by atoms with E-state index >= 15 is 0 Å². The van der Waals surface area contributed by atoms with Crippen LogP contribution in [-0.2, 0) is 11.8 Å². The quantitative estimate of drug-likeness (QED) is 0.716. The molecule has 0 spiro atoms. The van der Waals surface area contributed by atoms with Gasteiger partial charge < -0.3 is 9.64 Å². The minimum absolute atomic E-state index is 0.0662. The molecule has 0 aromatic heterocycles. The molecule has 4 rings (SSSR count). The fraction of sp³-hybridized carbons (Fsp3) is 0.360. The lowest BCUT2D eigenvalue weighted by Crippen LogP contribution is -2.30. The molecule has 0 fully saturated rings. The van der Waals surface area contributed by atoms with Gasteiger partial charge in [0.05, 0.1) is 18.2 Å². The Bertz CT molecular complexity index is 1070. The molecular weight excluding hydrogens is 360 g/mol. The molecule has 148 valence electrons. The number of carbonyl (C=O) groups excluding carboxylic acids is 1. The highest BCUT2D eigenvalue weighted by Crippen LogP contribution is 2.52. The van der Waals surface area contributed by atoms with Gasteiger partial charge in [-0.2, -0.15) is 5.26 Å². The molecule has 4 heteroatoms. The van der Waals surface area contributed by atoms with Crippen LogP contribution in [0, 0.1) is 11.3 Å². The van der Waals surface area contributed by atoms with Gasteiger partial charge in [-0.1, -0.05) is 32.0 Å². The summed E-state index contributed by atoms with van der Waals surface area (Å²) in [4.78, 5) is 15.6. The van der Waals surface area contributed by atoms with Crippen molar-refractivity contribution in [1.29, 1.82) is 5.26 Å². The highest BCUT2D eigenvalue weighted by atomic mass is 16.5. The van der Waals surface area contributed by atoms with Gasteiger partial charge in [-0.15, -0.1) is 0 Å². The summed E-state index contributed by atoms with van der Waals surface area (Å²) in [6.45, 7) is 5.94. The van der Waals surface area contributed by atoms with Crippen molar-refractivity contribution < 1.29 is 9.53 Å². The van der Waals surface area contributed by atoms with Crippen LogP contribution in [0.2, 0.25) is 0 Å². The molecule has 0 saturated heterocycles. The van der Waals surface area contributed by atoms with Crippen molar-refractivity contribution in [1.82, 2.24) is 4.90 Å². The van der Waals surface area contributed by atoms with Crippen molar-refractivity contribution in [3.05, 3.63) is 69.8 Å². The number of carbonyl (C=O) groups is 1. The monoisotopic (exact) mass is 386 g/mol. The molecule has 0 N–H and O–H groups in total. The summed E-state index contributed by atoms with van der Waals surface area (Å²) >= 11 is 0. The number of ketones is 1. The van der Waals surface area contributed by atoms with Crippen LogP contribution in [0.25, 0.3) is 5.57 Å². The number of Topliss-reactive ketones (excluding diaryl/α,β-unsaturated/α-hetero) is 1. The molecule has 0 aliphatic heterocycles. The number of ether oxygens (including phenoxy) is 1.